The minimum absolute atomic E-state index is 0.323. The molecule has 1 aromatic heterocycles. The Morgan fingerprint density at radius 2 is 0.981 bits per heavy atom. The number of ether oxygens (including phenoxy) is 3. The molecule has 0 fully saturated rings. The minimum Gasteiger partial charge on any atom is -0.494 e. The fraction of sp³-hybridized carbons (Fsp3) is 0.391. The molecule has 1 heterocycles. The molecule has 5 aromatic rings. The summed E-state index contributed by atoms with van der Waals surface area (Å²) in [4.78, 5) is 30.0. The highest BCUT2D eigenvalue weighted by atomic mass is 16.5. The van der Waals surface area contributed by atoms with Gasteiger partial charge in [0.25, 0.3) is 5.89 Å². The van der Waals surface area contributed by atoms with Crippen LogP contribution in [0.3, 0.4) is 0 Å². The molecule has 0 N–H and O–H groups in total. The Kier molecular flexibility index (Phi) is 16.3. The van der Waals surface area contributed by atoms with Gasteiger partial charge in [-0.2, -0.15) is 4.98 Å². The summed E-state index contributed by atoms with van der Waals surface area (Å²) in [6.07, 6.45) is 18.7. The molecule has 0 saturated carbocycles. The molecule has 284 valence electrons. The van der Waals surface area contributed by atoms with Gasteiger partial charge in [0.15, 0.2) is 0 Å². The van der Waals surface area contributed by atoms with Gasteiger partial charge in [0, 0.05) is 11.1 Å². The predicted octanol–water partition coefficient (Wildman–Crippen LogP) is 12.3. The zero-order valence-electron chi connectivity index (χ0n) is 31.9. The standard InChI is InChI=1S/C46H54N2O6/c1-3-5-7-9-10-11-12-13-14-16-34-51-40-28-26-39(27-29-40)46(50)52-41-30-22-36(23-31-41)43-47-44(54-48-43)37-24-32-42(33-25-37)53-45(49)38-20-18-35(19-21-38)17-15-8-6-4-2/h18-33H,3-17,34H2,1-2H3. The van der Waals surface area contributed by atoms with Gasteiger partial charge in [0.2, 0.25) is 5.82 Å². The lowest BCUT2D eigenvalue weighted by molar-refractivity contribution is 0.0725. The van der Waals surface area contributed by atoms with E-state index in [1.54, 1.807) is 72.8 Å². The van der Waals surface area contributed by atoms with E-state index in [-0.39, 0.29) is 0 Å². The molecule has 0 spiro atoms. The Balaban J connectivity index is 1.03. The highest BCUT2D eigenvalue weighted by Crippen LogP contribution is 2.26. The van der Waals surface area contributed by atoms with E-state index in [1.807, 2.05) is 24.3 Å². The Bertz CT molecular complexity index is 1830. The van der Waals surface area contributed by atoms with E-state index in [1.165, 1.54) is 82.6 Å². The third-order valence-electron chi connectivity index (χ3n) is 9.43. The van der Waals surface area contributed by atoms with E-state index in [9.17, 15) is 9.59 Å². The number of aryl methyl sites for hydroxylation is 1. The third kappa shape index (κ3) is 13.0. The summed E-state index contributed by atoms with van der Waals surface area (Å²) in [6, 6.07) is 28.5. The fourth-order valence-electron chi connectivity index (χ4n) is 6.16. The summed E-state index contributed by atoms with van der Waals surface area (Å²) >= 11 is 0. The largest absolute Gasteiger partial charge is 0.494 e. The number of esters is 2. The van der Waals surface area contributed by atoms with E-state index < -0.39 is 11.9 Å². The molecule has 0 aliphatic heterocycles. The number of rotatable bonds is 23. The van der Waals surface area contributed by atoms with Gasteiger partial charge in [-0.15, -0.1) is 0 Å². The maximum atomic E-state index is 12.8. The zero-order chi connectivity index (χ0) is 37.8. The van der Waals surface area contributed by atoms with Crippen LogP contribution in [0.4, 0.5) is 0 Å². The van der Waals surface area contributed by atoms with Gasteiger partial charge in [-0.1, -0.05) is 108 Å². The van der Waals surface area contributed by atoms with Crippen molar-refractivity contribution in [1.82, 2.24) is 10.1 Å². The van der Waals surface area contributed by atoms with E-state index >= 15 is 0 Å². The lowest BCUT2D eigenvalue weighted by Gasteiger charge is -2.08. The quantitative estimate of drug-likeness (QED) is 0.0372. The lowest BCUT2D eigenvalue weighted by Crippen LogP contribution is -2.08. The highest BCUT2D eigenvalue weighted by molar-refractivity contribution is 5.91. The Morgan fingerprint density at radius 1 is 0.519 bits per heavy atom. The molecule has 8 nitrogen and oxygen atoms in total. The molecule has 0 amide bonds. The van der Waals surface area contributed by atoms with Crippen molar-refractivity contribution in [2.45, 2.75) is 110 Å². The summed E-state index contributed by atoms with van der Waals surface area (Å²) in [6.45, 7) is 5.13. The van der Waals surface area contributed by atoms with Gasteiger partial charge in [-0.25, -0.2) is 9.59 Å². The van der Waals surface area contributed by atoms with Crippen LogP contribution in [0.1, 0.15) is 130 Å². The second-order valence-corrected chi connectivity index (χ2v) is 13.8. The lowest BCUT2D eigenvalue weighted by atomic mass is 10.0. The number of hydrogen-bond donors (Lipinski definition) is 0. The number of carbonyl (C=O) groups is 2. The van der Waals surface area contributed by atoms with Crippen molar-refractivity contribution < 1.29 is 28.3 Å². The van der Waals surface area contributed by atoms with Crippen molar-refractivity contribution >= 4 is 11.9 Å². The monoisotopic (exact) mass is 730 g/mol. The molecule has 4 aromatic carbocycles. The number of unbranched alkanes of at least 4 members (excludes halogenated alkanes) is 12. The van der Waals surface area contributed by atoms with Crippen molar-refractivity contribution in [3.05, 3.63) is 114 Å². The van der Waals surface area contributed by atoms with Crippen LogP contribution in [0.5, 0.6) is 17.2 Å². The first-order chi connectivity index (χ1) is 26.5. The number of nitrogens with zero attached hydrogens (tertiary/aromatic N) is 2. The van der Waals surface area contributed by atoms with Crippen LogP contribution in [0, 0.1) is 0 Å². The predicted molar refractivity (Wildman–Crippen MR) is 213 cm³/mol. The van der Waals surface area contributed by atoms with E-state index in [4.69, 9.17) is 18.7 Å². The molecule has 0 saturated heterocycles. The summed E-state index contributed by atoms with van der Waals surface area (Å²) < 4.78 is 22.6. The Hall–Kier alpha value is -5.24. The van der Waals surface area contributed by atoms with Crippen molar-refractivity contribution in [2.24, 2.45) is 0 Å². The molecule has 8 heteroatoms. The van der Waals surface area contributed by atoms with Crippen molar-refractivity contribution in [3.8, 4) is 40.1 Å². The Morgan fingerprint density at radius 3 is 1.54 bits per heavy atom. The van der Waals surface area contributed by atoms with Crippen LogP contribution in [-0.2, 0) is 6.42 Å². The maximum absolute atomic E-state index is 12.8. The van der Waals surface area contributed by atoms with Crippen LogP contribution in [-0.4, -0.2) is 28.7 Å². The van der Waals surface area contributed by atoms with Gasteiger partial charge in [-0.3, -0.25) is 0 Å². The number of aromatic nitrogens is 2. The first kappa shape index (κ1) is 40.0. The molecule has 0 aliphatic carbocycles. The topological polar surface area (TPSA) is 101 Å². The average Bonchev–Trinajstić information content (AvgIpc) is 3.70. The molecule has 54 heavy (non-hydrogen) atoms. The average molecular weight is 731 g/mol. The highest BCUT2D eigenvalue weighted by Gasteiger charge is 2.14. The van der Waals surface area contributed by atoms with Gasteiger partial charge in [0.1, 0.15) is 17.2 Å². The van der Waals surface area contributed by atoms with Crippen LogP contribution in [0.25, 0.3) is 22.8 Å². The van der Waals surface area contributed by atoms with Gasteiger partial charge in [-0.05, 0) is 110 Å². The fourth-order valence-corrected chi connectivity index (χ4v) is 6.16. The van der Waals surface area contributed by atoms with Crippen LogP contribution in [0.15, 0.2) is 102 Å². The second kappa shape index (κ2) is 22.1. The summed E-state index contributed by atoms with van der Waals surface area (Å²) in [5, 5.41) is 4.12. The van der Waals surface area contributed by atoms with E-state index in [2.05, 4.69) is 24.0 Å². The van der Waals surface area contributed by atoms with E-state index in [0.717, 1.165) is 25.0 Å². The first-order valence-electron chi connectivity index (χ1n) is 19.8. The van der Waals surface area contributed by atoms with Gasteiger partial charge in [0.05, 0.1) is 17.7 Å². The van der Waals surface area contributed by atoms with Crippen molar-refractivity contribution in [2.75, 3.05) is 6.61 Å². The number of benzene rings is 4. The zero-order valence-corrected chi connectivity index (χ0v) is 31.9. The summed E-state index contributed by atoms with van der Waals surface area (Å²) in [7, 11) is 0. The molecule has 0 atom stereocenters. The van der Waals surface area contributed by atoms with E-state index in [0.29, 0.717) is 52.1 Å². The third-order valence-corrected chi connectivity index (χ3v) is 9.43. The maximum Gasteiger partial charge on any atom is 0.343 e. The molecular formula is C46H54N2O6. The van der Waals surface area contributed by atoms with Crippen LogP contribution < -0.4 is 14.2 Å². The molecule has 0 radical (unpaired) electrons. The molecule has 0 aliphatic rings. The minimum atomic E-state index is -0.453. The molecular weight excluding hydrogens is 677 g/mol. The SMILES string of the molecule is CCCCCCCCCCCCOc1ccc(C(=O)Oc2ccc(-c3noc(-c4ccc(OC(=O)c5ccc(CCCCCC)cc5)cc4)n3)cc2)cc1. The summed E-state index contributed by atoms with van der Waals surface area (Å²) in [5.74, 6) is 1.41. The van der Waals surface area contributed by atoms with Crippen molar-refractivity contribution in [1.29, 1.82) is 0 Å². The second-order valence-electron chi connectivity index (χ2n) is 13.8. The number of carbonyl (C=O) groups excluding carboxylic acids is 2. The first-order valence-corrected chi connectivity index (χ1v) is 19.8. The van der Waals surface area contributed by atoms with Gasteiger partial charge < -0.3 is 18.7 Å². The molecule has 0 unspecified atom stereocenters. The molecule has 0 bridgehead atoms. The van der Waals surface area contributed by atoms with Crippen LogP contribution >= 0.6 is 0 Å². The summed E-state index contributed by atoms with van der Waals surface area (Å²) in [5.41, 5.74) is 3.55. The van der Waals surface area contributed by atoms with Gasteiger partial charge >= 0.3 is 11.9 Å². The smallest absolute Gasteiger partial charge is 0.343 e. The normalized spacial score (nSPS) is 11.0. The molecule has 5 rings (SSSR count). The Labute approximate surface area is 320 Å². The van der Waals surface area contributed by atoms with Crippen LogP contribution in [0.2, 0.25) is 0 Å². The van der Waals surface area contributed by atoms with Crippen molar-refractivity contribution in [3.63, 3.8) is 0 Å². The number of hydrogen-bond acceptors (Lipinski definition) is 8.